The van der Waals surface area contributed by atoms with E-state index in [9.17, 15) is 9.59 Å². The first kappa shape index (κ1) is 15.6. The van der Waals surface area contributed by atoms with Crippen molar-refractivity contribution in [1.82, 2.24) is 10.3 Å². The van der Waals surface area contributed by atoms with Crippen LogP contribution < -0.4 is 16.0 Å². The van der Waals surface area contributed by atoms with Crippen LogP contribution in [-0.2, 0) is 11.2 Å². The molecule has 0 unspecified atom stereocenters. The summed E-state index contributed by atoms with van der Waals surface area (Å²) in [4.78, 5) is 28.2. The number of aromatic nitrogens is 1. The molecule has 2 aliphatic rings. The largest absolute Gasteiger partial charge is 0.367 e. The molecule has 4 rings (SSSR count). The second-order valence-electron chi connectivity index (χ2n) is 6.69. The van der Waals surface area contributed by atoms with E-state index in [0.29, 0.717) is 18.0 Å². The van der Waals surface area contributed by atoms with Crippen molar-refractivity contribution in [3.63, 3.8) is 0 Å². The van der Waals surface area contributed by atoms with Crippen LogP contribution in [0.2, 0.25) is 0 Å². The first-order valence-electron chi connectivity index (χ1n) is 8.54. The molecule has 0 radical (unpaired) electrons. The van der Waals surface area contributed by atoms with Crippen LogP contribution in [0.3, 0.4) is 0 Å². The summed E-state index contributed by atoms with van der Waals surface area (Å²) in [7, 11) is 0. The van der Waals surface area contributed by atoms with Gasteiger partial charge in [0, 0.05) is 17.9 Å². The van der Waals surface area contributed by atoms with Crippen LogP contribution in [0, 0.1) is 0 Å². The van der Waals surface area contributed by atoms with Crippen LogP contribution in [0.1, 0.15) is 47.3 Å². The van der Waals surface area contributed by atoms with Gasteiger partial charge >= 0.3 is 0 Å². The summed E-state index contributed by atoms with van der Waals surface area (Å²) in [6.07, 6.45) is 4.36. The molecule has 1 saturated carbocycles. The van der Waals surface area contributed by atoms with Gasteiger partial charge in [0.1, 0.15) is 5.82 Å². The minimum Gasteiger partial charge on any atom is -0.367 e. The first-order chi connectivity index (χ1) is 12.1. The molecule has 3 N–H and O–H groups in total. The van der Waals surface area contributed by atoms with E-state index in [1.165, 1.54) is 12.8 Å². The quantitative estimate of drug-likeness (QED) is 0.784. The molecule has 0 saturated heterocycles. The number of hydrogen-bond donors (Lipinski definition) is 3. The Kier molecular flexibility index (Phi) is 3.87. The van der Waals surface area contributed by atoms with E-state index in [1.807, 2.05) is 31.2 Å². The highest BCUT2D eigenvalue weighted by atomic mass is 16.2. The van der Waals surface area contributed by atoms with Crippen LogP contribution in [-0.4, -0.2) is 22.8 Å². The van der Waals surface area contributed by atoms with E-state index in [0.717, 1.165) is 22.6 Å². The monoisotopic (exact) mass is 336 g/mol. The van der Waals surface area contributed by atoms with Gasteiger partial charge in [0.15, 0.2) is 0 Å². The zero-order valence-electron chi connectivity index (χ0n) is 14.0. The molecule has 2 heterocycles. The third kappa shape index (κ3) is 3.47. The number of rotatable bonds is 5. The Labute approximate surface area is 146 Å². The van der Waals surface area contributed by atoms with Gasteiger partial charge in [-0.25, -0.2) is 4.98 Å². The Balaban J connectivity index is 1.41. The number of pyridine rings is 1. The van der Waals surface area contributed by atoms with Crippen LogP contribution in [0.4, 0.5) is 11.5 Å². The molecular weight excluding hydrogens is 316 g/mol. The van der Waals surface area contributed by atoms with Gasteiger partial charge in [-0.15, -0.1) is 0 Å². The molecule has 0 bridgehead atoms. The number of carbonyl (C=O) groups excluding carboxylic acids is 2. The van der Waals surface area contributed by atoms with Crippen LogP contribution >= 0.6 is 0 Å². The van der Waals surface area contributed by atoms with Crippen molar-refractivity contribution in [2.45, 2.75) is 38.3 Å². The normalized spacial score (nSPS) is 16.8. The van der Waals surface area contributed by atoms with Crippen molar-refractivity contribution in [3.8, 4) is 0 Å². The van der Waals surface area contributed by atoms with Crippen LogP contribution in [0.25, 0.3) is 0 Å². The van der Waals surface area contributed by atoms with Crippen molar-refractivity contribution in [1.29, 1.82) is 0 Å². The molecule has 128 valence electrons. The minimum absolute atomic E-state index is 0.00908. The van der Waals surface area contributed by atoms with Crippen molar-refractivity contribution >= 4 is 23.3 Å². The fourth-order valence-electron chi connectivity index (χ4n) is 2.93. The molecule has 1 aromatic heterocycles. The molecule has 1 atom stereocenters. The summed E-state index contributed by atoms with van der Waals surface area (Å²) in [5.41, 5.74) is 3.34. The van der Waals surface area contributed by atoms with Gasteiger partial charge in [-0.3, -0.25) is 9.59 Å². The average Bonchev–Trinajstić information content (AvgIpc) is 3.33. The van der Waals surface area contributed by atoms with Crippen molar-refractivity contribution < 1.29 is 9.59 Å². The summed E-state index contributed by atoms with van der Waals surface area (Å²) in [5.74, 6) is 0.658. The zero-order valence-corrected chi connectivity index (χ0v) is 14.0. The molecule has 6 nitrogen and oxygen atoms in total. The second-order valence-corrected chi connectivity index (χ2v) is 6.69. The molecule has 25 heavy (non-hydrogen) atoms. The molecule has 1 aliphatic carbocycles. The topological polar surface area (TPSA) is 83.1 Å². The number of hydrogen-bond acceptors (Lipinski definition) is 4. The molecule has 2 aromatic rings. The third-order valence-electron chi connectivity index (χ3n) is 4.56. The van der Waals surface area contributed by atoms with Crippen molar-refractivity contribution in [2.24, 2.45) is 0 Å². The summed E-state index contributed by atoms with van der Waals surface area (Å²) >= 11 is 0. The van der Waals surface area contributed by atoms with Gasteiger partial charge in [0.2, 0.25) is 5.91 Å². The Morgan fingerprint density at radius 2 is 2.12 bits per heavy atom. The lowest BCUT2D eigenvalue weighted by atomic mass is 10.0. The van der Waals surface area contributed by atoms with E-state index in [-0.39, 0.29) is 17.9 Å². The summed E-state index contributed by atoms with van der Waals surface area (Å²) < 4.78 is 0. The molecule has 0 spiro atoms. The zero-order chi connectivity index (χ0) is 17.4. The third-order valence-corrected chi connectivity index (χ3v) is 4.56. The van der Waals surface area contributed by atoms with Crippen LogP contribution in [0.5, 0.6) is 0 Å². The maximum Gasteiger partial charge on any atom is 0.253 e. The lowest BCUT2D eigenvalue weighted by Crippen LogP contribution is -2.26. The number of carbonyl (C=O) groups is 2. The number of anilines is 2. The van der Waals surface area contributed by atoms with E-state index < -0.39 is 0 Å². The van der Waals surface area contributed by atoms with Gasteiger partial charge < -0.3 is 16.0 Å². The van der Waals surface area contributed by atoms with E-state index >= 15 is 0 Å². The maximum atomic E-state index is 12.4. The maximum absolute atomic E-state index is 12.4. The smallest absolute Gasteiger partial charge is 0.253 e. The average molecular weight is 336 g/mol. The molecule has 2 amide bonds. The molecule has 1 fully saturated rings. The predicted octanol–water partition coefficient (Wildman–Crippen LogP) is 2.64. The first-order valence-corrected chi connectivity index (χ1v) is 8.54. The van der Waals surface area contributed by atoms with E-state index in [4.69, 9.17) is 0 Å². The number of fused-ring (bicyclic) bond motifs is 1. The fraction of sp³-hybridized carbons (Fsp3) is 0.316. The lowest BCUT2D eigenvalue weighted by Gasteiger charge is -2.15. The number of benzene rings is 1. The molecule has 1 aliphatic heterocycles. The fourth-order valence-corrected chi connectivity index (χ4v) is 2.93. The number of nitrogens with one attached hydrogen (secondary N) is 3. The van der Waals surface area contributed by atoms with E-state index in [2.05, 4.69) is 20.9 Å². The highest BCUT2D eigenvalue weighted by Gasteiger charge is 2.22. The summed E-state index contributed by atoms with van der Waals surface area (Å²) in [6.45, 7) is 1.93. The highest BCUT2D eigenvalue weighted by molar-refractivity contribution is 5.99. The molecule has 1 aromatic carbocycles. The van der Waals surface area contributed by atoms with Gasteiger partial charge in [-0.05, 0) is 49.1 Å². The minimum atomic E-state index is -0.160. The summed E-state index contributed by atoms with van der Waals surface area (Å²) in [6, 6.07) is 9.79. The van der Waals surface area contributed by atoms with E-state index in [1.54, 1.807) is 12.3 Å². The Hall–Kier alpha value is -2.89. The second kappa shape index (κ2) is 6.20. The Bertz CT molecular complexity index is 828. The van der Waals surface area contributed by atoms with Gasteiger partial charge in [-0.2, -0.15) is 0 Å². The Morgan fingerprint density at radius 3 is 2.84 bits per heavy atom. The highest BCUT2D eigenvalue weighted by Crippen LogP contribution is 2.27. The standard InChI is InChI=1S/C19H20N4O2/c1-11(12-2-6-16-14(8-12)9-18(24)23-16)21-19(25)13-3-7-17(20-10-13)22-15-4-5-15/h2-3,6-8,10-11,15H,4-5,9H2,1H3,(H,20,22)(H,21,25)(H,23,24)/t11-/m0/s1. The van der Waals surface area contributed by atoms with Crippen molar-refractivity contribution in [3.05, 3.63) is 53.2 Å². The predicted molar refractivity (Wildman–Crippen MR) is 95.5 cm³/mol. The number of nitrogens with zero attached hydrogens (tertiary/aromatic N) is 1. The lowest BCUT2D eigenvalue weighted by molar-refractivity contribution is -0.115. The van der Waals surface area contributed by atoms with Crippen LogP contribution in [0.15, 0.2) is 36.5 Å². The number of amides is 2. The summed E-state index contributed by atoms with van der Waals surface area (Å²) in [5, 5.41) is 9.10. The molecular formula is C19H20N4O2. The molecule has 6 heteroatoms. The van der Waals surface area contributed by atoms with Gasteiger partial charge in [0.05, 0.1) is 18.0 Å². The van der Waals surface area contributed by atoms with Crippen molar-refractivity contribution in [2.75, 3.05) is 10.6 Å². The SMILES string of the molecule is C[C@H](NC(=O)c1ccc(NC2CC2)nc1)c1ccc2c(c1)CC(=O)N2. The van der Waals surface area contributed by atoms with Gasteiger partial charge in [0.25, 0.3) is 5.91 Å². The Morgan fingerprint density at radius 1 is 1.28 bits per heavy atom. The van der Waals surface area contributed by atoms with Gasteiger partial charge in [-0.1, -0.05) is 12.1 Å².